The quantitative estimate of drug-likeness (QED) is 0.695. The fourth-order valence-electron chi connectivity index (χ4n) is 2.83. The second-order valence-corrected chi connectivity index (χ2v) is 5.42. The Morgan fingerprint density at radius 1 is 1.06 bits per heavy atom. The topological polar surface area (TPSA) is 17.1 Å². The van der Waals surface area contributed by atoms with E-state index < -0.39 is 0 Å². The Bertz CT molecular complexity index is 397. The Hall–Kier alpha value is -1.18. The fraction of sp³-hybridized carbons (Fsp3) is 0.562. The Labute approximate surface area is 108 Å². The molecule has 2 heteroatoms. The smallest absolute Gasteiger partial charge is 0.166 e. The summed E-state index contributed by atoms with van der Waals surface area (Å²) < 4.78 is 13.3. The van der Waals surface area contributed by atoms with Crippen LogP contribution < -0.4 is 0 Å². The summed E-state index contributed by atoms with van der Waals surface area (Å²) in [5.41, 5.74) is 1.38. The summed E-state index contributed by atoms with van der Waals surface area (Å²) in [6.45, 7) is 1.83. The summed E-state index contributed by atoms with van der Waals surface area (Å²) in [5, 5.41) is 0. The molecule has 0 bridgehead atoms. The van der Waals surface area contributed by atoms with E-state index in [0.717, 1.165) is 31.2 Å². The first-order valence-corrected chi connectivity index (χ1v) is 6.98. The minimum absolute atomic E-state index is 0.103. The van der Waals surface area contributed by atoms with Crippen LogP contribution in [0.4, 0.5) is 4.39 Å². The average molecular weight is 248 g/mol. The molecule has 0 aliphatic heterocycles. The van der Waals surface area contributed by atoms with Crippen molar-refractivity contribution in [1.82, 2.24) is 0 Å². The van der Waals surface area contributed by atoms with Crippen molar-refractivity contribution >= 4 is 5.78 Å². The van der Waals surface area contributed by atoms with Gasteiger partial charge in [-0.15, -0.1) is 0 Å². The van der Waals surface area contributed by atoms with E-state index in [-0.39, 0.29) is 17.5 Å². The summed E-state index contributed by atoms with van der Waals surface area (Å²) in [4.78, 5) is 12.4. The van der Waals surface area contributed by atoms with Gasteiger partial charge in [-0.1, -0.05) is 32.1 Å². The Morgan fingerprint density at radius 3 is 2.28 bits per heavy atom. The predicted octanol–water partition coefficient (Wildman–Crippen LogP) is 4.68. The molecule has 0 heterocycles. The standard InChI is InChI=1S/C16H21FO/c1-12-9-14(11-15(17)10-12)16(18)13-7-5-3-2-4-6-8-13/h9-11,13H,2-8H2,1H3. The molecule has 0 unspecified atom stereocenters. The second kappa shape index (κ2) is 6.12. The highest BCUT2D eigenvalue weighted by Crippen LogP contribution is 2.26. The molecule has 0 aromatic heterocycles. The minimum atomic E-state index is -0.302. The van der Waals surface area contributed by atoms with E-state index in [0.29, 0.717) is 5.56 Å². The van der Waals surface area contributed by atoms with Crippen molar-refractivity contribution in [3.05, 3.63) is 35.1 Å². The van der Waals surface area contributed by atoms with Gasteiger partial charge in [0.2, 0.25) is 0 Å². The fourth-order valence-corrected chi connectivity index (χ4v) is 2.83. The number of hydrogen-bond acceptors (Lipinski definition) is 1. The van der Waals surface area contributed by atoms with Gasteiger partial charge >= 0.3 is 0 Å². The first kappa shape index (κ1) is 13.3. The number of hydrogen-bond donors (Lipinski definition) is 0. The number of carbonyl (C=O) groups is 1. The summed E-state index contributed by atoms with van der Waals surface area (Å²) in [7, 11) is 0. The molecule has 0 atom stereocenters. The summed E-state index contributed by atoms with van der Waals surface area (Å²) in [5.74, 6) is -0.0600. The molecule has 1 nitrogen and oxygen atoms in total. The SMILES string of the molecule is Cc1cc(F)cc(C(=O)C2CCCCCCC2)c1. The lowest BCUT2D eigenvalue weighted by Crippen LogP contribution is -2.16. The first-order valence-electron chi connectivity index (χ1n) is 6.98. The number of benzene rings is 1. The zero-order valence-corrected chi connectivity index (χ0v) is 11.0. The van der Waals surface area contributed by atoms with Gasteiger partial charge in [-0.3, -0.25) is 4.79 Å². The molecule has 1 aliphatic rings. The predicted molar refractivity (Wildman–Crippen MR) is 71.3 cm³/mol. The van der Waals surface area contributed by atoms with Gasteiger partial charge in [0.15, 0.2) is 5.78 Å². The van der Waals surface area contributed by atoms with Gasteiger partial charge in [-0.2, -0.15) is 0 Å². The van der Waals surface area contributed by atoms with Crippen LogP contribution in [-0.2, 0) is 0 Å². The van der Waals surface area contributed by atoms with Gasteiger partial charge in [0.05, 0.1) is 0 Å². The summed E-state index contributed by atoms with van der Waals surface area (Å²) >= 11 is 0. The maximum absolute atomic E-state index is 13.3. The van der Waals surface area contributed by atoms with E-state index in [4.69, 9.17) is 0 Å². The largest absolute Gasteiger partial charge is 0.294 e. The third-order valence-corrected chi connectivity index (χ3v) is 3.80. The highest BCUT2D eigenvalue weighted by atomic mass is 19.1. The van der Waals surface area contributed by atoms with E-state index in [1.54, 1.807) is 0 Å². The van der Waals surface area contributed by atoms with Gasteiger partial charge in [0, 0.05) is 11.5 Å². The Balaban J connectivity index is 2.13. The highest BCUT2D eigenvalue weighted by Gasteiger charge is 2.21. The van der Waals surface area contributed by atoms with Crippen LogP contribution in [0.25, 0.3) is 0 Å². The van der Waals surface area contributed by atoms with Gasteiger partial charge in [-0.05, 0) is 43.5 Å². The van der Waals surface area contributed by atoms with Gasteiger partial charge < -0.3 is 0 Å². The van der Waals surface area contributed by atoms with Crippen LogP contribution in [0.2, 0.25) is 0 Å². The van der Waals surface area contributed by atoms with Gasteiger partial charge in [0.25, 0.3) is 0 Å². The molecule has 18 heavy (non-hydrogen) atoms. The molecular formula is C16H21FO. The monoisotopic (exact) mass is 248 g/mol. The summed E-state index contributed by atoms with van der Waals surface area (Å²) in [6, 6.07) is 4.66. The van der Waals surface area contributed by atoms with Crippen molar-refractivity contribution in [1.29, 1.82) is 0 Å². The first-order chi connectivity index (χ1) is 8.66. The lowest BCUT2D eigenvalue weighted by molar-refractivity contribution is 0.0898. The molecule has 1 aromatic carbocycles. The van der Waals surface area contributed by atoms with E-state index in [2.05, 4.69) is 0 Å². The van der Waals surface area contributed by atoms with Gasteiger partial charge in [0.1, 0.15) is 5.82 Å². The van der Waals surface area contributed by atoms with Crippen LogP contribution in [0.15, 0.2) is 18.2 Å². The molecular weight excluding hydrogens is 227 g/mol. The van der Waals surface area contributed by atoms with Crippen molar-refractivity contribution in [2.24, 2.45) is 5.92 Å². The minimum Gasteiger partial charge on any atom is -0.294 e. The molecule has 2 rings (SSSR count). The molecule has 1 aliphatic carbocycles. The molecule has 1 fully saturated rings. The summed E-state index contributed by atoms with van der Waals surface area (Å²) in [6.07, 6.45) is 7.94. The van der Waals surface area contributed by atoms with E-state index in [1.165, 1.54) is 31.4 Å². The molecule has 1 aromatic rings. The van der Waals surface area contributed by atoms with Crippen molar-refractivity contribution in [2.75, 3.05) is 0 Å². The molecule has 0 amide bonds. The van der Waals surface area contributed by atoms with Crippen molar-refractivity contribution in [2.45, 2.75) is 51.9 Å². The molecule has 0 spiro atoms. The van der Waals surface area contributed by atoms with E-state index >= 15 is 0 Å². The van der Waals surface area contributed by atoms with Crippen molar-refractivity contribution in [3.8, 4) is 0 Å². The number of ketones is 1. The number of carbonyl (C=O) groups excluding carboxylic acids is 1. The third-order valence-electron chi connectivity index (χ3n) is 3.80. The average Bonchev–Trinajstić information content (AvgIpc) is 2.26. The highest BCUT2D eigenvalue weighted by molar-refractivity contribution is 5.98. The van der Waals surface area contributed by atoms with Crippen LogP contribution in [0, 0.1) is 18.7 Å². The number of aryl methyl sites for hydroxylation is 1. The molecule has 0 saturated heterocycles. The third kappa shape index (κ3) is 3.41. The van der Waals surface area contributed by atoms with Crippen LogP contribution in [0.3, 0.4) is 0 Å². The van der Waals surface area contributed by atoms with Crippen molar-refractivity contribution in [3.63, 3.8) is 0 Å². The normalized spacial score (nSPS) is 18.1. The second-order valence-electron chi connectivity index (χ2n) is 5.42. The lowest BCUT2D eigenvalue weighted by Gasteiger charge is -2.18. The number of Topliss-reactive ketones (excluding diaryl/α,β-unsaturated/α-hetero) is 1. The zero-order valence-electron chi connectivity index (χ0n) is 11.0. The van der Waals surface area contributed by atoms with Gasteiger partial charge in [-0.25, -0.2) is 4.39 Å². The van der Waals surface area contributed by atoms with Crippen molar-refractivity contribution < 1.29 is 9.18 Å². The van der Waals surface area contributed by atoms with Crippen LogP contribution in [0.5, 0.6) is 0 Å². The Morgan fingerprint density at radius 2 is 1.67 bits per heavy atom. The molecule has 98 valence electrons. The zero-order chi connectivity index (χ0) is 13.0. The molecule has 1 saturated carbocycles. The lowest BCUT2D eigenvalue weighted by atomic mass is 9.85. The van der Waals surface area contributed by atoms with Crippen LogP contribution in [0.1, 0.15) is 60.9 Å². The number of halogens is 1. The van der Waals surface area contributed by atoms with Crippen LogP contribution >= 0.6 is 0 Å². The van der Waals surface area contributed by atoms with Crippen LogP contribution in [-0.4, -0.2) is 5.78 Å². The number of rotatable bonds is 2. The maximum atomic E-state index is 13.3. The van der Waals surface area contributed by atoms with E-state index in [9.17, 15) is 9.18 Å². The molecule has 0 radical (unpaired) electrons. The maximum Gasteiger partial charge on any atom is 0.166 e. The Kier molecular flexibility index (Phi) is 4.51. The molecule has 0 N–H and O–H groups in total. The van der Waals surface area contributed by atoms with E-state index in [1.807, 2.05) is 13.0 Å².